The molecule has 9 rings (SSSR count). The molecule has 3 heterocycles. The number of anilines is 2. The summed E-state index contributed by atoms with van der Waals surface area (Å²) in [5.74, 6) is 0.440. The van der Waals surface area contributed by atoms with E-state index in [4.69, 9.17) is 4.42 Å². The largest absolute Gasteiger partial charge is 0.456 e. The van der Waals surface area contributed by atoms with Crippen LogP contribution in [-0.2, 0) is 0 Å². The highest BCUT2D eigenvalue weighted by Gasteiger charge is 2.40. The molecule has 44 heavy (non-hydrogen) atoms. The van der Waals surface area contributed by atoms with Crippen LogP contribution in [0.2, 0.25) is 0 Å². The van der Waals surface area contributed by atoms with Crippen molar-refractivity contribution in [2.75, 3.05) is 4.90 Å². The minimum atomic E-state index is -0.0266. The minimum absolute atomic E-state index is 0.0266. The summed E-state index contributed by atoms with van der Waals surface area (Å²) < 4.78 is 6.17. The van der Waals surface area contributed by atoms with E-state index in [2.05, 4.69) is 137 Å². The number of benzene rings is 5. The van der Waals surface area contributed by atoms with Gasteiger partial charge in [-0.2, -0.15) is 0 Å². The van der Waals surface area contributed by atoms with Gasteiger partial charge in [-0.25, -0.2) is 0 Å². The highest BCUT2D eigenvalue weighted by Crippen LogP contribution is 2.51. The van der Waals surface area contributed by atoms with Gasteiger partial charge in [-0.05, 0) is 71.8 Å². The van der Waals surface area contributed by atoms with Gasteiger partial charge in [-0.3, -0.25) is 10.6 Å². The van der Waals surface area contributed by atoms with E-state index in [1.165, 1.54) is 33.6 Å². The van der Waals surface area contributed by atoms with Crippen LogP contribution in [-0.4, -0.2) is 6.04 Å². The van der Waals surface area contributed by atoms with Crippen molar-refractivity contribution in [1.29, 1.82) is 0 Å². The van der Waals surface area contributed by atoms with Gasteiger partial charge in [0.1, 0.15) is 11.2 Å². The van der Waals surface area contributed by atoms with E-state index in [-0.39, 0.29) is 18.2 Å². The maximum absolute atomic E-state index is 6.17. The van der Waals surface area contributed by atoms with Crippen molar-refractivity contribution in [2.24, 2.45) is 0 Å². The summed E-state index contributed by atoms with van der Waals surface area (Å²) in [5, 5.41) is 10.4. The maximum atomic E-state index is 6.17. The first-order valence-corrected chi connectivity index (χ1v) is 15.9. The van der Waals surface area contributed by atoms with Crippen LogP contribution in [0, 0.1) is 0 Å². The Labute approximate surface area is 258 Å². The van der Waals surface area contributed by atoms with Crippen molar-refractivity contribution >= 4 is 33.3 Å². The second kappa shape index (κ2) is 10.5. The molecule has 2 aliphatic heterocycles. The first-order valence-electron chi connectivity index (χ1n) is 15.9. The zero-order valence-electron chi connectivity index (χ0n) is 24.6. The Bertz CT molecular complexity index is 2010. The molecule has 2 N–H and O–H groups in total. The number of hydrogen-bond donors (Lipinski definition) is 2. The molecule has 3 aliphatic rings. The summed E-state index contributed by atoms with van der Waals surface area (Å²) in [5.41, 5.74) is 9.88. The van der Waals surface area contributed by atoms with E-state index in [1.54, 1.807) is 0 Å². The molecule has 0 saturated carbocycles. The van der Waals surface area contributed by atoms with Crippen LogP contribution in [0.3, 0.4) is 0 Å². The van der Waals surface area contributed by atoms with Crippen LogP contribution < -0.4 is 15.5 Å². The maximum Gasteiger partial charge on any atom is 0.135 e. The summed E-state index contributed by atoms with van der Waals surface area (Å²) in [6, 6.07) is 44.8. The van der Waals surface area contributed by atoms with Crippen molar-refractivity contribution in [3.63, 3.8) is 0 Å². The molecule has 5 aromatic carbocycles. The molecule has 4 nitrogen and oxygen atoms in total. The molecule has 5 unspecified atom stereocenters. The van der Waals surface area contributed by atoms with Gasteiger partial charge in [-0.1, -0.05) is 103 Å². The van der Waals surface area contributed by atoms with Gasteiger partial charge < -0.3 is 9.32 Å². The lowest BCUT2D eigenvalue weighted by Crippen LogP contribution is -2.45. The van der Waals surface area contributed by atoms with E-state index in [9.17, 15) is 0 Å². The molecule has 1 aromatic heterocycles. The highest BCUT2D eigenvalue weighted by atomic mass is 16.3. The molecule has 1 fully saturated rings. The van der Waals surface area contributed by atoms with Crippen molar-refractivity contribution < 1.29 is 4.42 Å². The van der Waals surface area contributed by atoms with Crippen LogP contribution in [0.4, 0.5) is 11.4 Å². The fraction of sp³-hybridized carbons (Fsp3) is 0.200. The molecule has 0 spiro atoms. The Balaban J connectivity index is 1.14. The number of allylic oxidation sites excluding steroid dienone is 1. The van der Waals surface area contributed by atoms with Crippen LogP contribution in [0.15, 0.2) is 138 Å². The van der Waals surface area contributed by atoms with Crippen molar-refractivity contribution in [1.82, 2.24) is 10.6 Å². The summed E-state index contributed by atoms with van der Waals surface area (Å²) in [6.07, 6.45) is 8.03. The highest BCUT2D eigenvalue weighted by molar-refractivity contribution is 6.05. The standard InChI is InChI=1S/C40H35N3O/c1-2-12-26(13-3-1)33-25-34(42-40(41-33)27-22-23-39-32(24-27)30-16-7-11-21-38(30)44-39)31-17-6-10-20-37(31)43-35-18-8-4-14-28(35)29-15-5-9-19-36(29)43/h1-8,10-18,20-24,29,33-34,36,40-42H,9,19,25H2. The Morgan fingerprint density at radius 1 is 0.614 bits per heavy atom. The summed E-state index contributed by atoms with van der Waals surface area (Å²) >= 11 is 0. The Morgan fingerprint density at radius 2 is 1.32 bits per heavy atom. The fourth-order valence-electron chi connectivity index (χ4n) is 7.97. The molecule has 5 atom stereocenters. The average Bonchev–Trinajstić information content (AvgIpc) is 3.64. The number of rotatable bonds is 4. The fourth-order valence-corrected chi connectivity index (χ4v) is 7.97. The number of hydrogen-bond acceptors (Lipinski definition) is 4. The van der Waals surface area contributed by atoms with Gasteiger partial charge in [0.25, 0.3) is 0 Å². The number of furan rings is 1. The third kappa shape index (κ3) is 4.21. The smallest absolute Gasteiger partial charge is 0.135 e. The third-order valence-electron chi connectivity index (χ3n) is 9.99. The molecule has 216 valence electrons. The predicted molar refractivity (Wildman–Crippen MR) is 179 cm³/mol. The molecular weight excluding hydrogens is 538 g/mol. The summed E-state index contributed by atoms with van der Waals surface area (Å²) in [4.78, 5) is 2.65. The van der Waals surface area contributed by atoms with Gasteiger partial charge in [0, 0.05) is 46.2 Å². The second-order valence-corrected chi connectivity index (χ2v) is 12.5. The normalized spacial score (nSPS) is 24.5. The second-order valence-electron chi connectivity index (χ2n) is 12.5. The zero-order chi connectivity index (χ0) is 29.0. The lowest BCUT2D eigenvalue weighted by Gasteiger charge is -2.41. The topological polar surface area (TPSA) is 40.4 Å². The van der Waals surface area contributed by atoms with E-state index in [0.717, 1.165) is 41.2 Å². The van der Waals surface area contributed by atoms with Crippen LogP contribution in [0.1, 0.15) is 65.7 Å². The van der Waals surface area contributed by atoms with Crippen LogP contribution in [0.25, 0.3) is 21.9 Å². The summed E-state index contributed by atoms with van der Waals surface area (Å²) in [7, 11) is 0. The minimum Gasteiger partial charge on any atom is -0.456 e. The quantitative estimate of drug-likeness (QED) is 0.206. The Kier molecular flexibility index (Phi) is 6.17. The van der Waals surface area contributed by atoms with Gasteiger partial charge >= 0.3 is 0 Å². The van der Waals surface area contributed by atoms with Crippen LogP contribution >= 0.6 is 0 Å². The third-order valence-corrected chi connectivity index (χ3v) is 9.99. The molecule has 0 radical (unpaired) electrons. The van der Waals surface area contributed by atoms with E-state index < -0.39 is 0 Å². The van der Waals surface area contributed by atoms with Gasteiger partial charge in [0.15, 0.2) is 0 Å². The number of nitrogens with one attached hydrogen (secondary N) is 2. The average molecular weight is 574 g/mol. The van der Waals surface area contributed by atoms with E-state index >= 15 is 0 Å². The molecule has 4 heteroatoms. The van der Waals surface area contributed by atoms with Gasteiger partial charge in [-0.15, -0.1) is 0 Å². The first-order chi connectivity index (χ1) is 21.8. The molecular formula is C40H35N3O. The zero-order valence-corrected chi connectivity index (χ0v) is 24.6. The van der Waals surface area contributed by atoms with Crippen molar-refractivity contribution in [3.05, 3.63) is 156 Å². The van der Waals surface area contributed by atoms with Crippen molar-refractivity contribution in [3.8, 4) is 0 Å². The SMILES string of the molecule is C1=CC2c3ccccc3N(c3ccccc3C3CC(c4ccccc4)NC(c4ccc5oc6ccccc6c5c4)N3)C2CC1. The predicted octanol–water partition coefficient (Wildman–Crippen LogP) is 9.60. The van der Waals surface area contributed by atoms with E-state index in [0.29, 0.717) is 12.0 Å². The Hall–Kier alpha value is -4.64. The number of fused-ring (bicyclic) bond motifs is 6. The van der Waals surface area contributed by atoms with E-state index in [1.807, 2.05) is 12.1 Å². The number of para-hydroxylation sites is 3. The molecule has 0 bridgehead atoms. The van der Waals surface area contributed by atoms with Crippen molar-refractivity contribution in [2.45, 2.75) is 49.5 Å². The van der Waals surface area contributed by atoms with Gasteiger partial charge in [0.2, 0.25) is 0 Å². The van der Waals surface area contributed by atoms with Gasteiger partial charge in [0.05, 0.1) is 6.17 Å². The lowest BCUT2D eigenvalue weighted by atomic mass is 9.87. The molecule has 1 saturated heterocycles. The summed E-state index contributed by atoms with van der Waals surface area (Å²) in [6.45, 7) is 0. The molecule has 1 aliphatic carbocycles. The Morgan fingerprint density at radius 3 is 2.20 bits per heavy atom. The van der Waals surface area contributed by atoms with Crippen LogP contribution in [0.5, 0.6) is 0 Å². The molecule has 6 aromatic rings. The first kappa shape index (κ1) is 25.8. The number of nitrogens with zero attached hydrogens (tertiary/aromatic N) is 1. The monoisotopic (exact) mass is 573 g/mol. The lowest BCUT2D eigenvalue weighted by molar-refractivity contribution is 0.248. The molecule has 0 amide bonds.